The number of nitrogens with zero attached hydrogens (tertiary/aromatic N) is 2. The summed E-state index contributed by atoms with van der Waals surface area (Å²) in [6, 6.07) is 2.07. The number of aromatic nitrogens is 1. The molecule has 0 radical (unpaired) electrons. The summed E-state index contributed by atoms with van der Waals surface area (Å²) in [4.78, 5) is 18.3. The Morgan fingerprint density at radius 3 is 2.85 bits per heavy atom. The minimum Gasteiger partial charge on any atom is -0.477 e. The first-order valence-corrected chi connectivity index (χ1v) is 8.25. The third-order valence-electron chi connectivity index (χ3n) is 3.24. The van der Waals surface area contributed by atoms with E-state index >= 15 is 0 Å². The summed E-state index contributed by atoms with van der Waals surface area (Å²) in [6.07, 6.45) is 0.887. The second kappa shape index (κ2) is 6.37. The summed E-state index contributed by atoms with van der Waals surface area (Å²) in [5.41, 5.74) is 1.92. The van der Waals surface area contributed by atoms with Gasteiger partial charge in [-0.2, -0.15) is 11.3 Å². The Hall–Kier alpha value is -1.40. The van der Waals surface area contributed by atoms with Crippen LogP contribution in [0.15, 0.2) is 16.8 Å². The van der Waals surface area contributed by atoms with Gasteiger partial charge in [0.15, 0.2) is 5.13 Å². The molecular weight excluding hydrogens is 292 g/mol. The van der Waals surface area contributed by atoms with Crippen LogP contribution in [-0.4, -0.2) is 23.1 Å². The zero-order valence-corrected chi connectivity index (χ0v) is 13.4. The third kappa shape index (κ3) is 3.19. The molecule has 2 aromatic rings. The molecule has 0 fully saturated rings. The lowest BCUT2D eigenvalue weighted by molar-refractivity contribution is 0.0700. The summed E-state index contributed by atoms with van der Waals surface area (Å²) in [7, 11) is 1.95. The van der Waals surface area contributed by atoms with Crippen molar-refractivity contribution in [2.75, 3.05) is 11.9 Å². The molecule has 0 saturated carbocycles. The number of carbonyl (C=O) groups is 1. The van der Waals surface area contributed by atoms with Crippen LogP contribution in [0.4, 0.5) is 5.13 Å². The van der Waals surface area contributed by atoms with E-state index < -0.39 is 5.97 Å². The van der Waals surface area contributed by atoms with Crippen molar-refractivity contribution in [3.05, 3.63) is 33.0 Å². The van der Waals surface area contributed by atoms with Crippen LogP contribution in [0.25, 0.3) is 0 Å². The average Bonchev–Trinajstić information content (AvgIpc) is 3.06. The number of anilines is 1. The molecule has 1 unspecified atom stereocenters. The fraction of sp³-hybridized carbons (Fsp3) is 0.429. The van der Waals surface area contributed by atoms with Crippen molar-refractivity contribution in [1.29, 1.82) is 0 Å². The molecule has 0 saturated heterocycles. The van der Waals surface area contributed by atoms with Gasteiger partial charge in [0, 0.05) is 13.6 Å². The van der Waals surface area contributed by atoms with Crippen LogP contribution in [0.3, 0.4) is 0 Å². The standard InChI is InChI=1S/C14H18N2O2S2/c1-4-9(2)11-12(13(17)18)20-14(15-11)16(3)7-10-5-6-19-8-10/h5-6,8-9H,4,7H2,1-3H3,(H,17,18). The van der Waals surface area contributed by atoms with Gasteiger partial charge in [0.05, 0.1) is 5.69 Å². The molecule has 0 aromatic carbocycles. The van der Waals surface area contributed by atoms with Gasteiger partial charge >= 0.3 is 5.97 Å². The van der Waals surface area contributed by atoms with Crippen LogP contribution in [0, 0.1) is 0 Å². The number of hydrogen-bond acceptors (Lipinski definition) is 5. The van der Waals surface area contributed by atoms with E-state index in [2.05, 4.69) is 16.4 Å². The number of carboxylic acid groups (broad SMARTS) is 1. The first-order chi connectivity index (χ1) is 9.52. The van der Waals surface area contributed by atoms with E-state index in [9.17, 15) is 9.90 Å². The second-order valence-electron chi connectivity index (χ2n) is 4.81. The molecule has 0 aliphatic rings. The Morgan fingerprint density at radius 2 is 2.30 bits per heavy atom. The van der Waals surface area contributed by atoms with Gasteiger partial charge in [-0.1, -0.05) is 25.2 Å². The maximum absolute atomic E-state index is 11.3. The van der Waals surface area contributed by atoms with Crippen molar-refractivity contribution in [3.63, 3.8) is 0 Å². The first-order valence-electron chi connectivity index (χ1n) is 6.49. The molecule has 20 heavy (non-hydrogen) atoms. The summed E-state index contributed by atoms with van der Waals surface area (Å²) in [5.74, 6) is -0.714. The minimum absolute atomic E-state index is 0.167. The maximum Gasteiger partial charge on any atom is 0.347 e. The zero-order chi connectivity index (χ0) is 14.7. The Morgan fingerprint density at radius 1 is 1.55 bits per heavy atom. The van der Waals surface area contributed by atoms with Gasteiger partial charge in [-0.05, 0) is 34.7 Å². The molecule has 6 heteroatoms. The Labute approximate surface area is 126 Å². The highest BCUT2D eigenvalue weighted by Gasteiger charge is 2.22. The predicted octanol–water partition coefficient (Wildman–Crippen LogP) is 4.05. The molecule has 1 N–H and O–H groups in total. The highest BCUT2D eigenvalue weighted by molar-refractivity contribution is 7.17. The molecule has 108 valence electrons. The molecule has 0 amide bonds. The van der Waals surface area contributed by atoms with Gasteiger partial charge < -0.3 is 10.0 Å². The smallest absolute Gasteiger partial charge is 0.347 e. The lowest BCUT2D eigenvalue weighted by Crippen LogP contribution is -2.15. The maximum atomic E-state index is 11.3. The Kier molecular flexibility index (Phi) is 4.77. The summed E-state index contributed by atoms with van der Waals surface area (Å²) in [5, 5.41) is 14.2. The predicted molar refractivity (Wildman–Crippen MR) is 84.2 cm³/mol. The largest absolute Gasteiger partial charge is 0.477 e. The number of thiazole rings is 1. The Bertz CT molecular complexity index is 578. The molecule has 0 bridgehead atoms. The van der Waals surface area contributed by atoms with Crippen LogP contribution in [0.2, 0.25) is 0 Å². The van der Waals surface area contributed by atoms with E-state index in [1.807, 2.05) is 31.2 Å². The van der Waals surface area contributed by atoms with E-state index in [0.717, 1.165) is 18.1 Å². The van der Waals surface area contributed by atoms with Crippen LogP contribution in [0.5, 0.6) is 0 Å². The van der Waals surface area contributed by atoms with Crippen molar-refractivity contribution in [2.24, 2.45) is 0 Å². The normalized spacial score (nSPS) is 12.3. The van der Waals surface area contributed by atoms with Gasteiger partial charge in [-0.25, -0.2) is 9.78 Å². The average molecular weight is 310 g/mol. The lowest BCUT2D eigenvalue weighted by atomic mass is 10.0. The number of hydrogen-bond donors (Lipinski definition) is 1. The Balaban J connectivity index is 2.25. The number of aromatic carboxylic acids is 1. The first kappa shape index (κ1) is 15.0. The third-order valence-corrected chi connectivity index (χ3v) is 5.15. The van der Waals surface area contributed by atoms with Gasteiger partial charge in [0.1, 0.15) is 4.88 Å². The lowest BCUT2D eigenvalue weighted by Gasteiger charge is -2.14. The van der Waals surface area contributed by atoms with E-state index in [1.165, 1.54) is 16.9 Å². The fourth-order valence-electron chi connectivity index (χ4n) is 1.89. The molecule has 1 atom stereocenters. The molecule has 2 rings (SSSR count). The summed E-state index contributed by atoms with van der Waals surface area (Å²) >= 11 is 2.92. The van der Waals surface area contributed by atoms with Crippen molar-refractivity contribution < 1.29 is 9.90 Å². The monoisotopic (exact) mass is 310 g/mol. The van der Waals surface area contributed by atoms with E-state index in [-0.39, 0.29) is 5.92 Å². The van der Waals surface area contributed by atoms with Gasteiger partial charge in [0.2, 0.25) is 0 Å². The number of carboxylic acids is 1. The van der Waals surface area contributed by atoms with Crippen molar-refractivity contribution in [2.45, 2.75) is 32.7 Å². The minimum atomic E-state index is -0.881. The van der Waals surface area contributed by atoms with Crippen molar-refractivity contribution >= 4 is 33.8 Å². The molecule has 0 spiro atoms. The van der Waals surface area contributed by atoms with E-state index in [4.69, 9.17) is 0 Å². The molecule has 2 heterocycles. The molecule has 2 aromatic heterocycles. The van der Waals surface area contributed by atoms with Crippen molar-refractivity contribution in [1.82, 2.24) is 4.98 Å². The van der Waals surface area contributed by atoms with Crippen LogP contribution in [0.1, 0.15) is 47.1 Å². The highest BCUT2D eigenvalue weighted by atomic mass is 32.1. The highest BCUT2D eigenvalue weighted by Crippen LogP contribution is 2.32. The molecule has 4 nitrogen and oxygen atoms in total. The zero-order valence-electron chi connectivity index (χ0n) is 11.8. The molecule has 0 aliphatic heterocycles. The quantitative estimate of drug-likeness (QED) is 0.874. The molecule has 0 aliphatic carbocycles. The van der Waals surface area contributed by atoms with E-state index in [0.29, 0.717) is 10.6 Å². The SMILES string of the molecule is CCC(C)c1nc(N(C)Cc2ccsc2)sc1C(=O)O. The van der Waals surface area contributed by atoms with Crippen LogP contribution < -0.4 is 4.90 Å². The van der Waals surface area contributed by atoms with Crippen LogP contribution >= 0.6 is 22.7 Å². The second-order valence-corrected chi connectivity index (χ2v) is 6.57. The van der Waals surface area contributed by atoms with Gasteiger partial charge in [-0.3, -0.25) is 0 Å². The van der Waals surface area contributed by atoms with Gasteiger partial charge in [0.25, 0.3) is 0 Å². The number of thiophene rings is 1. The van der Waals surface area contributed by atoms with Crippen molar-refractivity contribution in [3.8, 4) is 0 Å². The molecular formula is C14H18N2O2S2. The number of rotatable bonds is 6. The van der Waals surface area contributed by atoms with Crippen LogP contribution in [-0.2, 0) is 6.54 Å². The van der Waals surface area contributed by atoms with Gasteiger partial charge in [-0.15, -0.1) is 0 Å². The topological polar surface area (TPSA) is 53.4 Å². The van der Waals surface area contributed by atoms with E-state index in [1.54, 1.807) is 11.3 Å². The summed E-state index contributed by atoms with van der Waals surface area (Å²) < 4.78 is 0. The fourth-order valence-corrected chi connectivity index (χ4v) is 3.53. The summed E-state index contributed by atoms with van der Waals surface area (Å²) in [6.45, 7) is 4.81.